The molecule has 0 aliphatic rings. The number of aromatic nitrogens is 1. The first-order valence-corrected chi connectivity index (χ1v) is 8.21. The fraction of sp³-hybridized carbons (Fsp3) is 0.0588. The molecule has 0 aliphatic heterocycles. The number of hydrogen-bond acceptors (Lipinski definition) is 5. The van der Waals surface area contributed by atoms with Gasteiger partial charge in [0, 0.05) is 16.1 Å². The highest BCUT2D eigenvalue weighted by Gasteiger charge is 2.23. The Bertz CT molecular complexity index is 1180. The number of non-ortho nitro benzene ring substituents is 1. The second-order valence-corrected chi connectivity index (χ2v) is 6.49. The molecule has 0 aliphatic carbocycles. The number of pyridine rings is 1. The molecule has 3 rings (SSSR count). The lowest BCUT2D eigenvalue weighted by atomic mass is 10.1. The highest BCUT2D eigenvalue weighted by atomic mass is 35.5. The van der Waals surface area contributed by atoms with E-state index in [9.17, 15) is 24.1 Å². The van der Waals surface area contributed by atoms with Gasteiger partial charge in [-0.05, 0) is 31.2 Å². The van der Waals surface area contributed by atoms with Gasteiger partial charge in [0.2, 0.25) is 5.43 Å². The molecule has 0 amide bonds. The van der Waals surface area contributed by atoms with E-state index in [4.69, 9.17) is 23.2 Å². The van der Waals surface area contributed by atoms with Crippen LogP contribution in [0.5, 0.6) is 0 Å². The van der Waals surface area contributed by atoms with Crippen LogP contribution >= 0.6 is 23.2 Å². The summed E-state index contributed by atoms with van der Waals surface area (Å²) in [6.45, 7) is 1.15. The van der Waals surface area contributed by atoms with Crippen molar-refractivity contribution in [1.82, 2.24) is 4.98 Å². The van der Waals surface area contributed by atoms with Gasteiger partial charge in [0.05, 0.1) is 16.0 Å². The van der Waals surface area contributed by atoms with Crippen LogP contribution in [0.1, 0.15) is 17.3 Å². The molecule has 0 atom stereocenters. The van der Waals surface area contributed by atoms with Crippen molar-refractivity contribution in [3.63, 3.8) is 0 Å². The molecule has 7 nitrogen and oxygen atoms in total. The fourth-order valence-electron chi connectivity index (χ4n) is 2.64. The van der Waals surface area contributed by atoms with Gasteiger partial charge >= 0.3 is 0 Å². The van der Waals surface area contributed by atoms with Crippen molar-refractivity contribution >= 4 is 57.1 Å². The highest BCUT2D eigenvalue weighted by Crippen LogP contribution is 2.30. The average Bonchev–Trinajstić information content (AvgIpc) is 2.57. The molecule has 0 fully saturated rings. The Labute approximate surface area is 160 Å². The molecule has 0 saturated carbocycles. The zero-order valence-corrected chi connectivity index (χ0v) is 15.1. The van der Waals surface area contributed by atoms with Gasteiger partial charge in [-0.1, -0.05) is 23.2 Å². The van der Waals surface area contributed by atoms with Gasteiger partial charge in [-0.3, -0.25) is 19.7 Å². The van der Waals surface area contributed by atoms with E-state index in [0.29, 0.717) is 0 Å². The Morgan fingerprint density at radius 1 is 1.22 bits per heavy atom. The quantitative estimate of drug-likeness (QED) is 0.364. The summed E-state index contributed by atoms with van der Waals surface area (Å²) in [6, 6.07) is 6.04. The Balaban J connectivity index is 2.34. The van der Waals surface area contributed by atoms with E-state index in [-0.39, 0.29) is 38.0 Å². The van der Waals surface area contributed by atoms with Crippen molar-refractivity contribution < 1.29 is 14.1 Å². The number of Topliss-reactive ketones (excluding diaryl/α,β-unsaturated/α-hetero) is 1. The molecule has 0 spiro atoms. The molecule has 1 aromatic heterocycles. The smallest absolute Gasteiger partial charge is 0.294 e. The Morgan fingerprint density at radius 2 is 1.93 bits per heavy atom. The monoisotopic (exact) mass is 409 g/mol. The summed E-state index contributed by atoms with van der Waals surface area (Å²) < 4.78 is 14.1. The van der Waals surface area contributed by atoms with Gasteiger partial charge < -0.3 is 10.3 Å². The predicted molar refractivity (Wildman–Crippen MR) is 101 cm³/mol. The standard InChI is InChI=1S/C17H10Cl2FN3O4/c1-7(24)14-16(25)10-4-9(19)6-13(23(26)27)15(10)22-17(14)21-12-3-2-8(18)5-11(12)20/h2-6H,1H3,(H2,21,22,25). The molecule has 2 N–H and O–H groups in total. The lowest BCUT2D eigenvalue weighted by Crippen LogP contribution is -2.18. The van der Waals surface area contributed by atoms with Crippen molar-refractivity contribution in [1.29, 1.82) is 0 Å². The zero-order valence-electron chi connectivity index (χ0n) is 13.6. The number of carbonyl (C=O) groups is 1. The summed E-state index contributed by atoms with van der Waals surface area (Å²) in [5.74, 6) is -1.52. The molecule has 0 bridgehead atoms. The van der Waals surface area contributed by atoms with Crippen LogP contribution in [-0.4, -0.2) is 15.7 Å². The first kappa shape index (κ1) is 18.8. The van der Waals surface area contributed by atoms with E-state index in [1.54, 1.807) is 0 Å². The maximum Gasteiger partial charge on any atom is 0.294 e. The second kappa shape index (κ2) is 6.98. The molecule has 3 aromatic rings. The first-order chi connectivity index (χ1) is 12.7. The highest BCUT2D eigenvalue weighted by molar-refractivity contribution is 6.31. The minimum Gasteiger partial charge on any atom is -0.339 e. The maximum atomic E-state index is 14.1. The van der Waals surface area contributed by atoms with Crippen LogP contribution in [0, 0.1) is 15.9 Å². The molecule has 1 heterocycles. The van der Waals surface area contributed by atoms with Crippen LogP contribution in [0.2, 0.25) is 10.0 Å². The number of nitrogens with one attached hydrogen (secondary N) is 2. The maximum absolute atomic E-state index is 14.1. The number of halogens is 3. The summed E-state index contributed by atoms with van der Waals surface area (Å²) in [7, 11) is 0. The van der Waals surface area contributed by atoms with Gasteiger partial charge in [-0.2, -0.15) is 0 Å². The van der Waals surface area contributed by atoms with Crippen molar-refractivity contribution in [2.45, 2.75) is 6.92 Å². The molecule has 27 heavy (non-hydrogen) atoms. The largest absolute Gasteiger partial charge is 0.339 e. The van der Waals surface area contributed by atoms with Gasteiger partial charge in [-0.25, -0.2) is 4.39 Å². The number of ketones is 1. The molecule has 10 heteroatoms. The summed E-state index contributed by atoms with van der Waals surface area (Å²) in [4.78, 5) is 38.0. The lowest BCUT2D eigenvalue weighted by Gasteiger charge is -2.13. The number of nitrogens with zero attached hydrogens (tertiary/aromatic N) is 1. The number of benzene rings is 2. The SMILES string of the molecule is CC(=O)c1c(Nc2ccc(Cl)cc2F)[nH]c2c([N+](=O)[O-])cc(Cl)cc2c1=O. The molecule has 138 valence electrons. The number of nitro groups is 1. The van der Waals surface area contributed by atoms with Crippen LogP contribution in [0.25, 0.3) is 10.9 Å². The number of anilines is 2. The van der Waals surface area contributed by atoms with E-state index in [1.807, 2.05) is 0 Å². The Hall–Kier alpha value is -2.97. The van der Waals surface area contributed by atoms with Crippen molar-refractivity contribution in [3.05, 3.63) is 72.1 Å². The van der Waals surface area contributed by atoms with Crippen LogP contribution in [0.4, 0.5) is 21.6 Å². The van der Waals surface area contributed by atoms with Gasteiger partial charge in [0.1, 0.15) is 22.7 Å². The summed E-state index contributed by atoms with van der Waals surface area (Å²) in [5, 5.41) is 13.9. The van der Waals surface area contributed by atoms with Gasteiger partial charge in [0.25, 0.3) is 5.69 Å². The van der Waals surface area contributed by atoms with E-state index < -0.39 is 27.6 Å². The average molecular weight is 410 g/mol. The van der Waals surface area contributed by atoms with Crippen LogP contribution in [-0.2, 0) is 0 Å². The molecular formula is C17H10Cl2FN3O4. The number of carbonyl (C=O) groups excluding carboxylic acids is 1. The predicted octanol–water partition coefficient (Wildman–Crippen LogP) is 4.83. The lowest BCUT2D eigenvalue weighted by molar-refractivity contribution is -0.383. The number of fused-ring (bicyclic) bond motifs is 1. The Morgan fingerprint density at radius 3 is 2.52 bits per heavy atom. The third-order valence-corrected chi connectivity index (χ3v) is 4.25. The molecule has 0 unspecified atom stereocenters. The topological polar surface area (TPSA) is 105 Å². The van der Waals surface area contributed by atoms with Crippen LogP contribution in [0.3, 0.4) is 0 Å². The molecule has 2 aromatic carbocycles. The summed E-state index contributed by atoms with van der Waals surface area (Å²) in [5.41, 5.74) is -1.75. The normalized spacial score (nSPS) is 10.8. The van der Waals surface area contributed by atoms with Crippen molar-refractivity contribution in [2.24, 2.45) is 0 Å². The van der Waals surface area contributed by atoms with Crippen molar-refractivity contribution in [2.75, 3.05) is 5.32 Å². The number of aromatic amines is 1. The van der Waals surface area contributed by atoms with E-state index in [1.165, 1.54) is 18.2 Å². The van der Waals surface area contributed by atoms with Crippen LogP contribution in [0.15, 0.2) is 35.1 Å². The third-order valence-electron chi connectivity index (χ3n) is 3.79. The minimum atomic E-state index is -0.765. The van der Waals surface area contributed by atoms with Gasteiger partial charge in [-0.15, -0.1) is 0 Å². The van der Waals surface area contributed by atoms with E-state index in [2.05, 4.69) is 10.3 Å². The number of hydrogen-bond donors (Lipinski definition) is 2. The van der Waals surface area contributed by atoms with Crippen molar-refractivity contribution in [3.8, 4) is 0 Å². The Kier molecular flexibility index (Phi) is 4.86. The molecule has 0 saturated heterocycles. The minimum absolute atomic E-state index is 0.0290. The first-order valence-electron chi connectivity index (χ1n) is 7.46. The third kappa shape index (κ3) is 3.49. The summed E-state index contributed by atoms with van der Waals surface area (Å²) >= 11 is 11.6. The number of rotatable bonds is 4. The summed E-state index contributed by atoms with van der Waals surface area (Å²) in [6.07, 6.45) is 0. The number of nitro benzene ring substituents is 1. The molecule has 0 radical (unpaired) electrons. The second-order valence-electron chi connectivity index (χ2n) is 5.61. The molecular weight excluding hydrogens is 400 g/mol. The van der Waals surface area contributed by atoms with Crippen LogP contribution < -0.4 is 10.7 Å². The van der Waals surface area contributed by atoms with E-state index in [0.717, 1.165) is 19.1 Å². The fourth-order valence-corrected chi connectivity index (χ4v) is 3.01. The zero-order chi connectivity index (χ0) is 19.9. The van der Waals surface area contributed by atoms with Gasteiger partial charge in [0.15, 0.2) is 5.78 Å². The number of H-pyrrole nitrogens is 1. The van der Waals surface area contributed by atoms with E-state index >= 15 is 0 Å².